The molecule has 2 aromatic rings. The molecule has 0 unspecified atom stereocenters. The lowest BCUT2D eigenvalue weighted by Gasteiger charge is -2.22. The van der Waals surface area contributed by atoms with Gasteiger partial charge >= 0.3 is 5.97 Å². The number of carbonyl (C=O) groups is 2. The first-order valence-corrected chi connectivity index (χ1v) is 9.33. The van der Waals surface area contributed by atoms with E-state index in [0.717, 1.165) is 10.5 Å². The molecular weight excluding hydrogens is 348 g/mol. The number of aryl methyl sites for hydroxylation is 1. The fraction of sp³-hybridized carbons (Fsp3) is 0.250. The second-order valence-electron chi connectivity index (χ2n) is 5.57. The minimum atomic E-state index is -0.535. The van der Waals surface area contributed by atoms with Gasteiger partial charge in [-0.15, -0.1) is 11.8 Å². The predicted molar refractivity (Wildman–Crippen MR) is 102 cm³/mol. The number of nitriles is 1. The van der Waals surface area contributed by atoms with Gasteiger partial charge in [0.1, 0.15) is 0 Å². The number of anilines is 1. The van der Waals surface area contributed by atoms with Crippen molar-refractivity contribution >= 4 is 29.3 Å². The Morgan fingerprint density at radius 3 is 2.50 bits per heavy atom. The molecular formula is C20H20N2O3S. The topological polar surface area (TPSA) is 70.4 Å². The Morgan fingerprint density at radius 1 is 1.15 bits per heavy atom. The summed E-state index contributed by atoms with van der Waals surface area (Å²) < 4.78 is 5.21. The Labute approximate surface area is 157 Å². The van der Waals surface area contributed by atoms with E-state index in [1.54, 1.807) is 12.1 Å². The van der Waals surface area contributed by atoms with Gasteiger partial charge in [0.05, 0.1) is 18.1 Å². The van der Waals surface area contributed by atoms with E-state index in [0.29, 0.717) is 11.3 Å². The first kappa shape index (κ1) is 19.5. The molecule has 0 heterocycles. The second kappa shape index (κ2) is 9.64. The summed E-state index contributed by atoms with van der Waals surface area (Å²) in [7, 11) is 0. The lowest BCUT2D eigenvalue weighted by Crippen LogP contribution is -2.35. The molecule has 1 amide bonds. The lowest BCUT2D eigenvalue weighted by atomic mass is 10.2. The third-order valence-corrected chi connectivity index (χ3v) is 4.54. The van der Waals surface area contributed by atoms with Crippen molar-refractivity contribution in [2.75, 3.05) is 24.3 Å². The van der Waals surface area contributed by atoms with E-state index in [-0.39, 0.29) is 25.5 Å². The third-order valence-electron chi connectivity index (χ3n) is 3.75. The van der Waals surface area contributed by atoms with E-state index in [4.69, 9.17) is 10.00 Å². The van der Waals surface area contributed by atoms with Crippen molar-refractivity contribution in [2.45, 2.75) is 18.2 Å². The van der Waals surface area contributed by atoms with Crippen molar-refractivity contribution in [3.63, 3.8) is 0 Å². The monoisotopic (exact) mass is 368 g/mol. The number of nitrogens with zero attached hydrogens (tertiary/aromatic N) is 2. The van der Waals surface area contributed by atoms with Gasteiger partial charge in [-0.2, -0.15) is 5.26 Å². The summed E-state index contributed by atoms with van der Waals surface area (Å²) in [5.74, 6) is -0.897. The molecule has 0 saturated carbocycles. The Kier molecular flexibility index (Phi) is 7.24. The molecule has 0 aliphatic rings. The molecule has 2 rings (SSSR count). The van der Waals surface area contributed by atoms with Gasteiger partial charge in [-0.1, -0.05) is 29.8 Å². The summed E-state index contributed by atoms with van der Waals surface area (Å²) in [6.07, 6.45) is 2.07. The molecule has 0 N–H and O–H groups in total. The number of carbonyl (C=O) groups excluding carboxylic acids is 2. The summed E-state index contributed by atoms with van der Waals surface area (Å²) in [6, 6.07) is 16.5. The van der Waals surface area contributed by atoms with Crippen LogP contribution in [0.3, 0.4) is 0 Å². The van der Waals surface area contributed by atoms with Crippen LogP contribution in [0.2, 0.25) is 0 Å². The Hall–Kier alpha value is -2.78. The maximum absolute atomic E-state index is 12.6. The third kappa shape index (κ3) is 5.11. The van der Waals surface area contributed by atoms with Crippen LogP contribution in [-0.4, -0.2) is 31.3 Å². The summed E-state index contributed by atoms with van der Waals surface area (Å²) in [5.41, 5.74) is 2.18. The van der Waals surface area contributed by atoms with Gasteiger partial charge in [0.25, 0.3) is 5.91 Å². The maximum Gasteiger partial charge on any atom is 0.339 e. The summed E-state index contributed by atoms with van der Waals surface area (Å²) in [5, 5.41) is 8.84. The van der Waals surface area contributed by atoms with Crippen molar-refractivity contribution in [3.8, 4) is 6.07 Å². The van der Waals surface area contributed by atoms with E-state index in [2.05, 4.69) is 0 Å². The van der Waals surface area contributed by atoms with Crippen molar-refractivity contribution in [1.29, 1.82) is 5.26 Å². The zero-order valence-electron chi connectivity index (χ0n) is 14.8. The SMILES string of the molecule is CSc1ccccc1C(=O)OCC(=O)N(CCC#N)c1ccc(C)cc1. The molecule has 0 aliphatic heterocycles. The van der Waals surface area contributed by atoms with Gasteiger partial charge in [-0.25, -0.2) is 4.79 Å². The molecule has 26 heavy (non-hydrogen) atoms. The van der Waals surface area contributed by atoms with E-state index >= 15 is 0 Å². The lowest BCUT2D eigenvalue weighted by molar-refractivity contribution is -0.121. The van der Waals surface area contributed by atoms with Crippen LogP contribution >= 0.6 is 11.8 Å². The number of thioether (sulfide) groups is 1. The minimum absolute atomic E-state index is 0.197. The fourth-order valence-corrected chi connectivity index (χ4v) is 2.97. The maximum atomic E-state index is 12.6. The number of hydrogen-bond acceptors (Lipinski definition) is 5. The summed E-state index contributed by atoms with van der Waals surface area (Å²) >= 11 is 1.44. The molecule has 0 radical (unpaired) electrons. The van der Waals surface area contributed by atoms with Gasteiger partial charge in [-0.05, 0) is 37.4 Å². The Morgan fingerprint density at radius 2 is 1.85 bits per heavy atom. The first-order chi connectivity index (χ1) is 12.6. The van der Waals surface area contributed by atoms with Gasteiger partial charge < -0.3 is 9.64 Å². The molecule has 0 bridgehead atoms. The molecule has 2 aromatic carbocycles. The number of ether oxygens (including phenoxy) is 1. The number of amides is 1. The number of esters is 1. The molecule has 0 aliphatic carbocycles. The van der Waals surface area contributed by atoms with E-state index < -0.39 is 5.97 Å². The van der Waals surface area contributed by atoms with E-state index in [1.807, 2.05) is 55.6 Å². The van der Waals surface area contributed by atoms with Crippen molar-refractivity contribution < 1.29 is 14.3 Å². The molecule has 134 valence electrons. The molecule has 0 spiro atoms. The fourth-order valence-electron chi connectivity index (χ4n) is 2.38. The standard InChI is InChI=1S/C20H20N2O3S/c1-15-8-10-16(11-9-15)22(13-5-12-21)19(23)14-25-20(24)17-6-3-4-7-18(17)26-2/h3-4,6-11H,5,13-14H2,1-2H3. The highest BCUT2D eigenvalue weighted by molar-refractivity contribution is 7.98. The quantitative estimate of drug-likeness (QED) is 0.549. The smallest absolute Gasteiger partial charge is 0.339 e. The van der Waals surface area contributed by atoms with Gasteiger partial charge in [0.15, 0.2) is 6.61 Å². The van der Waals surface area contributed by atoms with Crippen LogP contribution in [0.1, 0.15) is 22.3 Å². The highest BCUT2D eigenvalue weighted by Crippen LogP contribution is 2.21. The summed E-state index contributed by atoms with van der Waals surface area (Å²) in [4.78, 5) is 27.1. The van der Waals surface area contributed by atoms with Gasteiger partial charge in [-0.3, -0.25) is 4.79 Å². The second-order valence-corrected chi connectivity index (χ2v) is 6.41. The number of hydrogen-bond donors (Lipinski definition) is 0. The first-order valence-electron chi connectivity index (χ1n) is 8.11. The molecule has 0 saturated heterocycles. The number of benzene rings is 2. The minimum Gasteiger partial charge on any atom is -0.452 e. The normalized spacial score (nSPS) is 10.0. The van der Waals surface area contributed by atoms with Crippen LogP contribution in [-0.2, 0) is 9.53 Å². The van der Waals surface area contributed by atoms with Crippen LogP contribution in [0.25, 0.3) is 0 Å². The average molecular weight is 368 g/mol. The van der Waals surface area contributed by atoms with Crippen LogP contribution in [0.5, 0.6) is 0 Å². The predicted octanol–water partition coefficient (Wildman–Crippen LogP) is 3.82. The van der Waals surface area contributed by atoms with E-state index in [1.165, 1.54) is 16.7 Å². The largest absolute Gasteiger partial charge is 0.452 e. The Balaban J connectivity index is 2.08. The molecule has 0 aromatic heterocycles. The molecule has 5 nitrogen and oxygen atoms in total. The van der Waals surface area contributed by atoms with Crippen LogP contribution < -0.4 is 4.90 Å². The highest BCUT2D eigenvalue weighted by Gasteiger charge is 2.19. The zero-order chi connectivity index (χ0) is 18.9. The van der Waals surface area contributed by atoms with Gasteiger partial charge in [0, 0.05) is 17.1 Å². The van der Waals surface area contributed by atoms with Gasteiger partial charge in [0.2, 0.25) is 0 Å². The average Bonchev–Trinajstić information content (AvgIpc) is 2.67. The van der Waals surface area contributed by atoms with Crippen molar-refractivity contribution in [1.82, 2.24) is 0 Å². The molecule has 6 heteroatoms. The highest BCUT2D eigenvalue weighted by atomic mass is 32.2. The summed E-state index contributed by atoms with van der Waals surface area (Å²) in [6.45, 7) is 1.83. The van der Waals surface area contributed by atoms with Crippen molar-refractivity contribution in [3.05, 3.63) is 59.7 Å². The Bertz CT molecular complexity index is 813. The zero-order valence-corrected chi connectivity index (χ0v) is 15.6. The van der Waals surface area contributed by atoms with Crippen LogP contribution in [0, 0.1) is 18.3 Å². The molecule has 0 fully saturated rings. The van der Waals surface area contributed by atoms with Crippen LogP contribution in [0.4, 0.5) is 5.69 Å². The van der Waals surface area contributed by atoms with E-state index in [9.17, 15) is 9.59 Å². The van der Waals surface area contributed by atoms with Crippen molar-refractivity contribution in [2.24, 2.45) is 0 Å². The molecule has 0 atom stereocenters. The number of rotatable bonds is 7. The van der Waals surface area contributed by atoms with Crippen LogP contribution in [0.15, 0.2) is 53.4 Å².